The summed E-state index contributed by atoms with van der Waals surface area (Å²) < 4.78 is 0. The minimum atomic E-state index is -0.687. The number of nitrogens with zero attached hydrogens (tertiary/aromatic N) is 3. The van der Waals surface area contributed by atoms with Gasteiger partial charge < -0.3 is 10.0 Å². The fourth-order valence-electron chi connectivity index (χ4n) is 4.59. The van der Waals surface area contributed by atoms with Gasteiger partial charge in [-0.25, -0.2) is 14.8 Å². The number of fused-ring (bicyclic) bond motifs is 2. The van der Waals surface area contributed by atoms with Crippen LogP contribution in [0.5, 0.6) is 0 Å². The molecule has 0 spiro atoms. The summed E-state index contributed by atoms with van der Waals surface area (Å²) in [5.41, 5.74) is 2.34. The number of rotatable bonds is 2. The number of aliphatic carboxylic acids is 1. The highest BCUT2D eigenvalue weighted by Crippen LogP contribution is 2.44. The number of carboxylic acids is 1. The predicted molar refractivity (Wildman–Crippen MR) is 78.3 cm³/mol. The van der Waals surface area contributed by atoms with Gasteiger partial charge in [-0.15, -0.1) is 0 Å². The Balaban J connectivity index is 1.74. The molecule has 1 saturated carbocycles. The fourth-order valence-corrected chi connectivity index (χ4v) is 4.59. The topological polar surface area (TPSA) is 66.3 Å². The van der Waals surface area contributed by atoms with Crippen LogP contribution in [0.3, 0.4) is 0 Å². The number of carboxylic acid groups (broad SMARTS) is 1. The maximum atomic E-state index is 11.8. The smallest absolute Gasteiger partial charge is 0.326 e. The van der Waals surface area contributed by atoms with E-state index >= 15 is 0 Å². The van der Waals surface area contributed by atoms with Gasteiger partial charge in [0.15, 0.2) is 0 Å². The minimum absolute atomic E-state index is 0.303. The Hall–Kier alpha value is -1.65. The Bertz CT molecular complexity index is 575. The van der Waals surface area contributed by atoms with E-state index in [0.29, 0.717) is 11.8 Å². The molecule has 112 valence electrons. The average Bonchev–Trinajstić information content (AvgIpc) is 3.06. The van der Waals surface area contributed by atoms with Crippen LogP contribution < -0.4 is 4.90 Å². The molecule has 3 aliphatic rings. The van der Waals surface area contributed by atoms with Gasteiger partial charge in [0.2, 0.25) is 0 Å². The number of hydrogen-bond acceptors (Lipinski definition) is 4. The number of aromatic nitrogens is 2. The Morgan fingerprint density at radius 3 is 2.90 bits per heavy atom. The van der Waals surface area contributed by atoms with Gasteiger partial charge in [0.05, 0.1) is 0 Å². The Morgan fingerprint density at radius 1 is 1.19 bits per heavy atom. The van der Waals surface area contributed by atoms with Crippen molar-refractivity contribution >= 4 is 11.8 Å². The molecule has 3 unspecified atom stereocenters. The van der Waals surface area contributed by atoms with Gasteiger partial charge >= 0.3 is 5.97 Å². The van der Waals surface area contributed by atoms with Gasteiger partial charge in [0.25, 0.3) is 0 Å². The van der Waals surface area contributed by atoms with Crippen LogP contribution in [0.4, 0.5) is 5.82 Å². The monoisotopic (exact) mass is 287 g/mol. The molecule has 5 heteroatoms. The Labute approximate surface area is 124 Å². The summed E-state index contributed by atoms with van der Waals surface area (Å²) in [5.74, 6) is 1.05. The summed E-state index contributed by atoms with van der Waals surface area (Å²) in [6.07, 6.45) is 9.33. The third-order valence-electron chi connectivity index (χ3n) is 5.52. The molecule has 0 radical (unpaired) electrons. The van der Waals surface area contributed by atoms with Gasteiger partial charge in [-0.3, -0.25) is 0 Å². The molecule has 0 aromatic carbocycles. The van der Waals surface area contributed by atoms with Gasteiger partial charge in [-0.05, 0) is 50.4 Å². The zero-order chi connectivity index (χ0) is 14.4. The van der Waals surface area contributed by atoms with Crippen molar-refractivity contribution in [2.24, 2.45) is 11.8 Å². The van der Waals surface area contributed by atoms with Crippen molar-refractivity contribution in [1.29, 1.82) is 0 Å². The second-order valence-corrected chi connectivity index (χ2v) is 6.62. The summed E-state index contributed by atoms with van der Waals surface area (Å²) in [5, 5.41) is 9.71. The molecule has 0 amide bonds. The predicted octanol–water partition coefficient (Wildman–Crippen LogP) is 2.04. The summed E-state index contributed by atoms with van der Waals surface area (Å²) >= 11 is 0. The van der Waals surface area contributed by atoms with Crippen molar-refractivity contribution in [2.45, 2.75) is 51.0 Å². The van der Waals surface area contributed by atoms with Crippen LogP contribution in [0.25, 0.3) is 0 Å². The lowest BCUT2D eigenvalue weighted by Crippen LogP contribution is -2.41. The van der Waals surface area contributed by atoms with Crippen LogP contribution in [0.1, 0.15) is 43.4 Å². The normalized spacial score (nSPS) is 31.0. The molecule has 21 heavy (non-hydrogen) atoms. The molecule has 1 saturated heterocycles. The number of carbonyl (C=O) groups is 1. The van der Waals surface area contributed by atoms with Crippen LogP contribution in [-0.4, -0.2) is 33.6 Å². The maximum Gasteiger partial charge on any atom is 0.326 e. The summed E-state index contributed by atoms with van der Waals surface area (Å²) in [4.78, 5) is 22.8. The van der Waals surface area contributed by atoms with Crippen molar-refractivity contribution in [3.8, 4) is 0 Å². The first-order chi connectivity index (χ1) is 10.3. The van der Waals surface area contributed by atoms with Crippen LogP contribution in [-0.2, 0) is 17.6 Å². The average molecular weight is 287 g/mol. The molecule has 5 nitrogen and oxygen atoms in total. The van der Waals surface area contributed by atoms with E-state index in [1.807, 2.05) is 0 Å². The number of anilines is 1. The molecule has 1 aliphatic heterocycles. The van der Waals surface area contributed by atoms with Crippen molar-refractivity contribution in [3.63, 3.8) is 0 Å². The lowest BCUT2D eigenvalue weighted by molar-refractivity contribution is -0.139. The van der Waals surface area contributed by atoms with Crippen molar-refractivity contribution < 1.29 is 9.90 Å². The Morgan fingerprint density at radius 2 is 2.05 bits per heavy atom. The second kappa shape index (κ2) is 4.97. The van der Waals surface area contributed by atoms with Crippen LogP contribution in [0.2, 0.25) is 0 Å². The molecule has 0 bridgehead atoms. The molecule has 2 aliphatic carbocycles. The number of aryl methyl sites for hydroxylation is 1. The van der Waals surface area contributed by atoms with Gasteiger partial charge in [0, 0.05) is 17.8 Å². The summed E-state index contributed by atoms with van der Waals surface area (Å²) in [6.45, 7) is 0.852. The third-order valence-corrected chi connectivity index (χ3v) is 5.52. The first-order valence-electron chi connectivity index (χ1n) is 8.08. The van der Waals surface area contributed by atoms with Crippen LogP contribution in [0.15, 0.2) is 6.33 Å². The molecule has 1 aromatic heterocycles. The standard InChI is InChI=1S/C16H21N3O2/c20-16(21)14-11-6-3-4-10(11)8-19(14)15-12-5-1-2-7-13(12)17-9-18-15/h9-11,14H,1-8H2,(H,20,21). The lowest BCUT2D eigenvalue weighted by Gasteiger charge is -2.29. The highest BCUT2D eigenvalue weighted by Gasteiger charge is 2.48. The summed E-state index contributed by atoms with van der Waals surface area (Å²) in [7, 11) is 0. The van der Waals surface area contributed by atoms with E-state index in [1.165, 1.54) is 18.4 Å². The van der Waals surface area contributed by atoms with Gasteiger partial charge in [0.1, 0.15) is 18.2 Å². The molecular formula is C16H21N3O2. The molecule has 1 aromatic rings. The minimum Gasteiger partial charge on any atom is -0.480 e. The molecule has 1 N–H and O–H groups in total. The van der Waals surface area contributed by atoms with Crippen molar-refractivity contribution in [2.75, 3.05) is 11.4 Å². The van der Waals surface area contributed by atoms with E-state index in [1.54, 1.807) is 6.33 Å². The fraction of sp³-hybridized carbons (Fsp3) is 0.688. The first-order valence-corrected chi connectivity index (χ1v) is 8.08. The second-order valence-electron chi connectivity index (χ2n) is 6.62. The van der Waals surface area contributed by atoms with Crippen molar-refractivity contribution in [1.82, 2.24) is 9.97 Å². The van der Waals surface area contributed by atoms with Gasteiger partial charge in [-0.1, -0.05) is 6.42 Å². The van der Waals surface area contributed by atoms with Gasteiger partial charge in [-0.2, -0.15) is 0 Å². The quantitative estimate of drug-likeness (QED) is 0.901. The largest absolute Gasteiger partial charge is 0.480 e. The van der Waals surface area contributed by atoms with E-state index in [2.05, 4.69) is 14.9 Å². The molecule has 3 atom stereocenters. The van der Waals surface area contributed by atoms with Crippen molar-refractivity contribution in [3.05, 3.63) is 17.6 Å². The van der Waals surface area contributed by atoms with E-state index in [4.69, 9.17) is 0 Å². The van der Waals surface area contributed by atoms with E-state index in [-0.39, 0.29) is 0 Å². The lowest BCUT2D eigenvalue weighted by atomic mass is 9.93. The van der Waals surface area contributed by atoms with Crippen LogP contribution >= 0.6 is 0 Å². The summed E-state index contributed by atoms with van der Waals surface area (Å²) in [6, 6.07) is -0.390. The maximum absolute atomic E-state index is 11.8. The van der Waals surface area contributed by atoms with E-state index in [9.17, 15) is 9.90 Å². The molecule has 4 rings (SSSR count). The molecule has 2 fully saturated rings. The Kier molecular flexibility index (Phi) is 3.08. The third kappa shape index (κ3) is 2.01. The highest BCUT2D eigenvalue weighted by atomic mass is 16.4. The van der Waals surface area contributed by atoms with E-state index < -0.39 is 12.0 Å². The SMILES string of the molecule is O=C(O)C1C2CCCC2CN1c1ncnc2c1CCCC2. The zero-order valence-corrected chi connectivity index (χ0v) is 12.2. The molecule has 2 heterocycles. The van der Waals surface area contributed by atoms with Crippen LogP contribution in [0, 0.1) is 11.8 Å². The van der Waals surface area contributed by atoms with E-state index in [0.717, 1.165) is 50.2 Å². The highest BCUT2D eigenvalue weighted by molar-refractivity contribution is 5.80. The first kappa shape index (κ1) is 13.0. The zero-order valence-electron chi connectivity index (χ0n) is 12.2. The molecular weight excluding hydrogens is 266 g/mol. The number of hydrogen-bond donors (Lipinski definition) is 1.